The molecule has 2 aromatic carbocycles. The number of hydrogen-bond acceptors (Lipinski definition) is 2. The van der Waals surface area contributed by atoms with Crippen LogP contribution < -0.4 is 10.6 Å². The van der Waals surface area contributed by atoms with Crippen molar-refractivity contribution in [2.24, 2.45) is 0 Å². The van der Waals surface area contributed by atoms with Crippen LogP contribution in [0.4, 0.5) is 11.4 Å². The lowest BCUT2D eigenvalue weighted by Gasteiger charge is -2.10. The summed E-state index contributed by atoms with van der Waals surface area (Å²) in [5.74, 6) is -0.160. The van der Waals surface area contributed by atoms with Gasteiger partial charge in [0.2, 0.25) is 5.91 Å². The Morgan fingerprint density at radius 3 is 2.35 bits per heavy atom. The molecule has 2 N–H and O–H groups in total. The van der Waals surface area contributed by atoms with E-state index in [-0.39, 0.29) is 11.8 Å². The minimum absolute atomic E-state index is 0.00534. The Labute approximate surface area is 136 Å². The van der Waals surface area contributed by atoms with E-state index >= 15 is 0 Å². The van der Waals surface area contributed by atoms with Crippen molar-refractivity contribution in [3.8, 4) is 0 Å². The molecule has 0 radical (unpaired) electrons. The van der Waals surface area contributed by atoms with E-state index in [0.29, 0.717) is 23.4 Å². The van der Waals surface area contributed by atoms with Gasteiger partial charge >= 0.3 is 0 Å². The molecule has 0 aromatic heterocycles. The molecule has 0 aliphatic rings. The van der Waals surface area contributed by atoms with Crippen molar-refractivity contribution < 1.29 is 9.59 Å². The first-order chi connectivity index (χ1) is 11.1. The Hall–Kier alpha value is -2.62. The van der Waals surface area contributed by atoms with Crippen LogP contribution in [-0.2, 0) is 4.79 Å². The van der Waals surface area contributed by atoms with Gasteiger partial charge in [-0.1, -0.05) is 37.6 Å². The van der Waals surface area contributed by atoms with E-state index in [1.165, 1.54) is 0 Å². The van der Waals surface area contributed by atoms with Crippen molar-refractivity contribution in [1.82, 2.24) is 0 Å². The van der Waals surface area contributed by atoms with Crippen molar-refractivity contribution in [2.45, 2.75) is 33.1 Å². The normalized spacial score (nSPS) is 10.2. The maximum atomic E-state index is 12.3. The highest BCUT2D eigenvalue weighted by molar-refractivity contribution is 6.05. The smallest absolute Gasteiger partial charge is 0.255 e. The van der Waals surface area contributed by atoms with Gasteiger partial charge in [-0.15, -0.1) is 0 Å². The van der Waals surface area contributed by atoms with Gasteiger partial charge in [0, 0.05) is 23.4 Å². The molecule has 0 saturated heterocycles. The van der Waals surface area contributed by atoms with E-state index < -0.39 is 0 Å². The van der Waals surface area contributed by atoms with E-state index in [4.69, 9.17) is 0 Å². The molecule has 0 bridgehead atoms. The van der Waals surface area contributed by atoms with E-state index in [1.807, 2.05) is 37.3 Å². The predicted molar refractivity (Wildman–Crippen MR) is 93.7 cm³/mol. The fraction of sp³-hybridized carbons (Fsp3) is 0.263. The van der Waals surface area contributed by atoms with Crippen LogP contribution in [0.2, 0.25) is 0 Å². The molecule has 0 spiro atoms. The summed E-state index contributed by atoms with van der Waals surface area (Å²) in [5.41, 5.74) is 2.92. The van der Waals surface area contributed by atoms with Crippen LogP contribution >= 0.6 is 0 Å². The molecule has 120 valence electrons. The Morgan fingerprint density at radius 2 is 1.65 bits per heavy atom. The van der Waals surface area contributed by atoms with Gasteiger partial charge in [-0.25, -0.2) is 0 Å². The lowest BCUT2D eigenvalue weighted by molar-refractivity contribution is -0.116. The lowest BCUT2D eigenvalue weighted by Crippen LogP contribution is -2.14. The zero-order valence-corrected chi connectivity index (χ0v) is 13.6. The molecule has 23 heavy (non-hydrogen) atoms. The van der Waals surface area contributed by atoms with Crippen molar-refractivity contribution in [3.05, 3.63) is 59.7 Å². The first kappa shape index (κ1) is 16.7. The second kappa shape index (κ2) is 8.13. The third-order valence-corrected chi connectivity index (χ3v) is 3.55. The van der Waals surface area contributed by atoms with Crippen LogP contribution in [0, 0.1) is 6.92 Å². The number of nitrogens with one attached hydrogen (secondary N) is 2. The molecule has 2 amide bonds. The summed E-state index contributed by atoms with van der Waals surface area (Å²) in [6.07, 6.45) is 2.37. The summed E-state index contributed by atoms with van der Waals surface area (Å²) in [4.78, 5) is 24.1. The van der Waals surface area contributed by atoms with Crippen LogP contribution in [0.5, 0.6) is 0 Å². The van der Waals surface area contributed by atoms with Crippen molar-refractivity contribution in [3.63, 3.8) is 0 Å². The van der Waals surface area contributed by atoms with Crippen LogP contribution in [0.15, 0.2) is 48.5 Å². The summed E-state index contributed by atoms with van der Waals surface area (Å²) in [6.45, 7) is 3.95. The van der Waals surface area contributed by atoms with Gasteiger partial charge in [-0.2, -0.15) is 0 Å². The second-order valence-electron chi connectivity index (χ2n) is 5.50. The first-order valence-electron chi connectivity index (χ1n) is 7.87. The highest BCUT2D eigenvalue weighted by Crippen LogP contribution is 2.17. The largest absolute Gasteiger partial charge is 0.326 e. The number of amides is 2. The third-order valence-electron chi connectivity index (χ3n) is 3.55. The van der Waals surface area contributed by atoms with Crippen LogP contribution in [0.1, 0.15) is 42.1 Å². The molecule has 2 aromatic rings. The van der Waals surface area contributed by atoms with Crippen LogP contribution in [0.25, 0.3) is 0 Å². The average molecular weight is 310 g/mol. The monoisotopic (exact) mass is 310 g/mol. The fourth-order valence-corrected chi connectivity index (χ4v) is 2.26. The van der Waals surface area contributed by atoms with Gasteiger partial charge in [0.15, 0.2) is 0 Å². The number of aryl methyl sites for hydroxylation is 1. The number of anilines is 2. The summed E-state index contributed by atoms with van der Waals surface area (Å²) in [7, 11) is 0. The molecular formula is C19H22N2O2. The summed E-state index contributed by atoms with van der Waals surface area (Å²) in [5, 5.41) is 5.72. The Morgan fingerprint density at radius 1 is 0.957 bits per heavy atom. The quantitative estimate of drug-likeness (QED) is 0.832. The van der Waals surface area contributed by atoms with Gasteiger partial charge < -0.3 is 10.6 Å². The standard InChI is InChI=1S/C19H22N2O2/c1-3-4-12-18(22)20-15-9-7-10-16(13-15)21-19(23)17-11-6-5-8-14(17)2/h5-11,13H,3-4,12H2,1-2H3,(H,20,22)(H,21,23). The van der Waals surface area contributed by atoms with Gasteiger partial charge in [-0.3, -0.25) is 9.59 Å². The molecule has 0 atom stereocenters. The first-order valence-corrected chi connectivity index (χ1v) is 7.87. The van der Waals surface area contributed by atoms with Crippen LogP contribution in [0.3, 0.4) is 0 Å². The number of unbranched alkanes of at least 4 members (excludes halogenated alkanes) is 1. The van der Waals surface area contributed by atoms with Gasteiger partial charge in [-0.05, 0) is 43.2 Å². The summed E-state index contributed by atoms with van der Waals surface area (Å²) in [6, 6.07) is 14.6. The molecule has 4 heteroatoms. The van der Waals surface area contributed by atoms with Crippen molar-refractivity contribution in [1.29, 1.82) is 0 Å². The molecule has 0 heterocycles. The Bertz CT molecular complexity index is 695. The molecule has 0 aliphatic heterocycles. The van der Waals surface area contributed by atoms with E-state index in [2.05, 4.69) is 17.6 Å². The number of rotatable bonds is 6. The van der Waals surface area contributed by atoms with Crippen molar-refractivity contribution in [2.75, 3.05) is 10.6 Å². The Kier molecular flexibility index (Phi) is 5.92. The van der Waals surface area contributed by atoms with Crippen LogP contribution in [-0.4, -0.2) is 11.8 Å². The Balaban J connectivity index is 2.04. The minimum Gasteiger partial charge on any atom is -0.326 e. The maximum Gasteiger partial charge on any atom is 0.255 e. The number of hydrogen-bond donors (Lipinski definition) is 2. The minimum atomic E-state index is -0.155. The molecule has 4 nitrogen and oxygen atoms in total. The molecular weight excluding hydrogens is 288 g/mol. The van der Waals surface area contributed by atoms with Gasteiger partial charge in [0.1, 0.15) is 0 Å². The van der Waals surface area contributed by atoms with E-state index in [0.717, 1.165) is 18.4 Å². The molecule has 0 saturated carbocycles. The molecule has 0 unspecified atom stereocenters. The number of carbonyl (C=O) groups is 2. The van der Waals surface area contributed by atoms with E-state index in [9.17, 15) is 9.59 Å². The summed E-state index contributed by atoms with van der Waals surface area (Å²) < 4.78 is 0. The van der Waals surface area contributed by atoms with Gasteiger partial charge in [0.25, 0.3) is 5.91 Å². The molecule has 0 fully saturated rings. The predicted octanol–water partition coefficient (Wildman–Crippen LogP) is 4.38. The van der Waals surface area contributed by atoms with Gasteiger partial charge in [0.05, 0.1) is 0 Å². The van der Waals surface area contributed by atoms with Crippen molar-refractivity contribution >= 4 is 23.2 Å². The highest BCUT2D eigenvalue weighted by Gasteiger charge is 2.09. The van der Waals surface area contributed by atoms with E-state index in [1.54, 1.807) is 18.2 Å². The lowest BCUT2D eigenvalue weighted by atomic mass is 10.1. The average Bonchev–Trinajstić information content (AvgIpc) is 2.53. The third kappa shape index (κ3) is 4.95. The summed E-state index contributed by atoms with van der Waals surface area (Å²) >= 11 is 0. The second-order valence-corrected chi connectivity index (χ2v) is 5.50. The maximum absolute atomic E-state index is 12.3. The zero-order chi connectivity index (χ0) is 16.7. The number of benzene rings is 2. The SMILES string of the molecule is CCCCC(=O)Nc1cccc(NC(=O)c2ccccc2C)c1. The topological polar surface area (TPSA) is 58.2 Å². The fourth-order valence-electron chi connectivity index (χ4n) is 2.26. The molecule has 0 aliphatic carbocycles. The highest BCUT2D eigenvalue weighted by atomic mass is 16.2. The zero-order valence-electron chi connectivity index (χ0n) is 13.6. The number of carbonyl (C=O) groups excluding carboxylic acids is 2. The molecule has 2 rings (SSSR count).